The Morgan fingerprint density at radius 1 is 0.900 bits per heavy atom. The zero-order chi connectivity index (χ0) is 19.9. The van der Waals surface area contributed by atoms with Crippen LogP contribution < -0.4 is 9.80 Å². The van der Waals surface area contributed by atoms with Crippen LogP contribution in [0.25, 0.3) is 22.2 Å². The Hall–Kier alpha value is -2.77. The fraction of sp³-hybridized carbons (Fsp3) is 0.435. The Labute approximate surface area is 175 Å². The molecule has 3 fully saturated rings. The highest BCUT2D eigenvalue weighted by molar-refractivity contribution is 5.92. The van der Waals surface area contributed by atoms with Crippen molar-refractivity contribution in [3.05, 3.63) is 42.6 Å². The summed E-state index contributed by atoms with van der Waals surface area (Å²) in [4.78, 5) is 19.4. The van der Waals surface area contributed by atoms with Crippen LogP contribution in [0.4, 0.5) is 11.8 Å². The number of aromatic nitrogens is 3. The van der Waals surface area contributed by atoms with E-state index in [2.05, 4.69) is 28.0 Å². The summed E-state index contributed by atoms with van der Waals surface area (Å²) in [7, 11) is 0. The van der Waals surface area contributed by atoms with Crippen LogP contribution in [0.5, 0.6) is 0 Å². The molecule has 6 rings (SSSR count). The van der Waals surface area contributed by atoms with Crippen molar-refractivity contribution in [3.8, 4) is 11.3 Å². The van der Waals surface area contributed by atoms with E-state index in [1.54, 1.807) is 0 Å². The second-order valence-corrected chi connectivity index (χ2v) is 8.26. The van der Waals surface area contributed by atoms with Gasteiger partial charge in [-0.2, -0.15) is 4.98 Å². The van der Waals surface area contributed by atoms with Gasteiger partial charge in [0.05, 0.1) is 42.0 Å². The molecule has 154 valence electrons. The van der Waals surface area contributed by atoms with Crippen molar-refractivity contribution in [2.45, 2.75) is 25.0 Å². The van der Waals surface area contributed by atoms with Gasteiger partial charge in [0.15, 0.2) is 0 Å². The molecule has 0 spiro atoms. The summed E-state index contributed by atoms with van der Waals surface area (Å²) < 4.78 is 11.6. The normalized spacial score (nSPS) is 23.9. The second kappa shape index (κ2) is 7.49. The van der Waals surface area contributed by atoms with E-state index in [1.807, 2.05) is 24.4 Å². The quantitative estimate of drug-likeness (QED) is 0.666. The third-order valence-electron chi connectivity index (χ3n) is 6.26. The highest BCUT2D eigenvalue weighted by Gasteiger charge is 2.35. The number of morpholine rings is 2. The lowest BCUT2D eigenvalue weighted by atomic mass is 10.1. The van der Waals surface area contributed by atoms with Crippen molar-refractivity contribution in [2.75, 3.05) is 49.2 Å². The number of ether oxygens (including phenoxy) is 2. The van der Waals surface area contributed by atoms with E-state index in [1.165, 1.54) is 0 Å². The van der Waals surface area contributed by atoms with Crippen molar-refractivity contribution in [2.24, 2.45) is 0 Å². The molecule has 2 aromatic heterocycles. The maximum absolute atomic E-state index is 6.03. The molecule has 3 aromatic rings. The van der Waals surface area contributed by atoms with E-state index in [-0.39, 0.29) is 0 Å². The molecule has 3 aliphatic heterocycles. The zero-order valence-electron chi connectivity index (χ0n) is 16.9. The molecule has 2 unspecified atom stereocenters. The van der Waals surface area contributed by atoms with Crippen molar-refractivity contribution >= 4 is 22.7 Å². The second-order valence-electron chi connectivity index (χ2n) is 8.26. The number of benzene rings is 1. The molecule has 0 saturated carbocycles. The van der Waals surface area contributed by atoms with Gasteiger partial charge < -0.3 is 19.3 Å². The largest absolute Gasteiger partial charge is 0.378 e. The van der Waals surface area contributed by atoms with Crippen LogP contribution in [0.3, 0.4) is 0 Å². The van der Waals surface area contributed by atoms with Gasteiger partial charge in [0, 0.05) is 37.9 Å². The third-order valence-corrected chi connectivity index (χ3v) is 6.26. The molecule has 30 heavy (non-hydrogen) atoms. The first-order valence-corrected chi connectivity index (χ1v) is 10.8. The predicted octanol–water partition coefficient (Wildman–Crippen LogP) is 2.90. The van der Waals surface area contributed by atoms with Gasteiger partial charge in [0.2, 0.25) is 5.95 Å². The molecule has 0 amide bonds. The minimum absolute atomic E-state index is 0.298. The van der Waals surface area contributed by atoms with Crippen molar-refractivity contribution in [1.82, 2.24) is 15.0 Å². The standard InChI is InChI=1S/C23H25N5O2/c1-2-4-16(5-3-1)20-12-21-19(13-24-20)22(27-8-10-29-11-9-27)26-23(25-21)28-14-17-6-7-18(15-28)30-17/h1-5,12-13,17-18H,6-11,14-15H2. The van der Waals surface area contributed by atoms with E-state index in [4.69, 9.17) is 24.4 Å². The van der Waals surface area contributed by atoms with Gasteiger partial charge in [0.25, 0.3) is 0 Å². The van der Waals surface area contributed by atoms with E-state index in [9.17, 15) is 0 Å². The molecule has 2 atom stereocenters. The molecule has 0 radical (unpaired) electrons. The monoisotopic (exact) mass is 403 g/mol. The predicted molar refractivity (Wildman–Crippen MR) is 116 cm³/mol. The average Bonchev–Trinajstić information content (AvgIpc) is 3.16. The Balaban J connectivity index is 1.46. The van der Waals surface area contributed by atoms with Gasteiger partial charge in [-0.15, -0.1) is 0 Å². The minimum atomic E-state index is 0.298. The summed E-state index contributed by atoms with van der Waals surface area (Å²) in [5, 5.41) is 0.997. The van der Waals surface area contributed by atoms with Crippen LogP contribution in [0.15, 0.2) is 42.6 Å². The summed E-state index contributed by atoms with van der Waals surface area (Å²) in [6, 6.07) is 12.4. The topological polar surface area (TPSA) is 63.6 Å². The maximum atomic E-state index is 6.03. The molecule has 5 heterocycles. The summed E-state index contributed by atoms with van der Waals surface area (Å²) in [5.74, 6) is 1.76. The van der Waals surface area contributed by atoms with Crippen LogP contribution in [0.1, 0.15) is 12.8 Å². The summed E-state index contributed by atoms with van der Waals surface area (Å²) in [6.07, 6.45) is 4.79. The Bertz CT molecular complexity index is 1040. The number of nitrogens with zero attached hydrogens (tertiary/aromatic N) is 5. The zero-order valence-corrected chi connectivity index (χ0v) is 16.9. The first kappa shape index (κ1) is 18.0. The first-order chi connectivity index (χ1) is 14.8. The number of hydrogen-bond acceptors (Lipinski definition) is 7. The Morgan fingerprint density at radius 2 is 1.67 bits per heavy atom. The highest BCUT2D eigenvalue weighted by Crippen LogP contribution is 2.32. The number of fused-ring (bicyclic) bond motifs is 3. The van der Waals surface area contributed by atoms with Crippen molar-refractivity contribution in [3.63, 3.8) is 0 Å². The van der Waals surface area contributed by atoms with Crippen LogP contribution in [-0.2, 0) is 9.47 Å². The van der Waals surface area contributed by atoms with E-state index in [0.29, 0.717) is 12.2 Å². The number of rotatable bonds is 3. The lowest BCUT2D eigenvalue weighted by molar-refractivity contribution is 0.0299. The van der Waals surface area contributed by atoms with Gasteiger partial charge in [-0.05, 0) is 18.9 Å². The number of hydrogen-bond donors (Lipinski definition) is 0. The molecule has 2 bridgehead atoms. The van der Waals surface area contributed by atoms with Gasteiger partial charge in [-0.3, -0.25) is 4.98 Å². The summed E-state index contributed by atoms with van der Waals surface area (Å²) >= 11 is 0. The molecule has 3 saturated heterocycles. The lowest BCUT2D eigenvalue weighted by Crippen LogP contribution is -2.44. The van der Waals surface area contributed by atoms with E-state index >= 15 is 0 Å². The van der Waals surface area contributed by atoms with E-state index in [0.717, 1.165) is 86.2 Å². The maximum Gasteiger partial charge on any atom is 0.228 e. The fourth-order valence-electron chi connectivity index (χ4n) is 4.70. The van der Waals surface area contributed by atoms with Crippen molar-refractivity contribution < 1.29 is 9.47 Å². The summed E-state index contributed by atoms with van der Waals surface area (Å²) in [6.45, 7) is 4.83. The van der Waals surface area contributed by atoms with Gasteiger partial charge >= 0.3 is 0 Å². The summed E-state index contributed by atoms with van der Waals surface area (Å²) in [5.41, 5.74) is 2.97. The SMILES string of the molecule is c1ccc(-c2cc3nc(N4CC5CCC(C4)O5)nc(N4CCOCC4)c3cn2)cc1. The molecule has 0 N–H and O–H groups in total. The molecule has 3 aliphatic rings. The Morgan fingerprint density at radius 3 is 2.43 bits per heavy atom. The van der Waals surface area contributed by atoms with Crippen LogP contribution in [0.2, 0.25) is 0 Å². The van der Waals surface area contributed by atoms with Gasteiger partial charge in [-0.25, -0.2) is 4.98 Å². The van der Waals surface area contributed by atoms with Gasteiger partial charge in [-0.1, -0.05) is 30.3 Å². The smallest absolute Gasteiger partial charge is 0.228 e. The molecule has 1 aromatic carbocycles. The average molecular weight is 403 g/mol. The molecule has 7 nitrogen and oxygen atoms in total. The molecular weight excluding hydrogens is 378 g/mol. The molecular formula is C23H25N5O2. The van der Waals surface area contributed by atoms with Gasteiger partial charge in [0.1, 0.15) is 5.82 Å². The van der Waals surface area contributed by atoms with E-state index < -0.39 is 0 Å². The number of anilines is 2. The van der Waals surface area contributed by atoms with Crippen LogP contribution >= 0.6 is 0 Å². The molecule has 7 heteroatoms. The minimum Gasteiger partial charge on any atom is -0.378 e. The van der Waals surface area contributed by atoms with Crippen molar-refractivity contribution in [1.29, 1.82) is 0 Å². The Kier molecular flexibility index (Phi) is 4.50. The number of pyridine rings is 1. The van der Waals surface area contributed by atoms with Crippen LogP contribution in [0, 0.1) is 0 Å². The fourth-order valence-corrected chi connectivity index (χ4v) is 4.70. The third kappa shape index (κ3) is 3.28. The van der Waals surface area contributed by atoms with Crippen LogP contribution in [-0.4, -0.2) is 66.6 Å². The first-order valence-electron chi connectivity index (χ1n) is 10.8. The highest BCUT2D eigenvalue weighted by atomic mass is 16.5. The molecule has 0 aliphatic carbocycles. The lowest BCUT2D eigenvalue weighted by Gasteiger charge is -2.34.